The van der Waals surface area contributed by atoms with Crippen LogP contribution in [0, 0.1) is 17.6 Å². The quantitative estimate of drug-likeness (QED) is 0.739. The number of carbonyl (C=O) groups excluding carboxylic acids is 1. The molecule has 1 aromatic carbocycles. The number of hydrogen-bond acceptors (Lipinski definition) is 2. The van der Waals surface area contributed by atoms with Gasteiger partial charge in [-0.1, -0.05) is 30.9 Å². The molecular weight excluding hydrogens is 314 g/mol. The van der Waals surface area contributed by atoms with Crippen LogP contribution in [0.25, 0.3) is 0 Å². The Hall–Kier alpha value is -1.40. The van der Waals surface area contributed by atoms with Crippen LogP contribution in [0.5, 0.6) is 0 Å². The van der Waals surface area contributed by atoms with Crippen LogP contribution in [0.1, 0.15) is 32.1 Å². The van der Waals surface area contributed by atoms with Crippen LogP contribution < -0.4 is 10.6 Å². The number of benzene rings is 1. The first kappa shape index (κ1) is 17.0. The van der Waals surface area contributed by atoms with E-state index >= 15 is 0 Å². The molecule has 1 aromatic rings. The Kier molecular flexibility index (Phi) is 5.97. The lowest BCUT2D eigenvalue weighted by molar-refractivity contribution is 0.182. The van der Waals surface area contributed by atoms with Crippen LogP contribution in [0.15, 0.2) is 12.1 Å². The van der Waals surface area contributed by atoms with Gasteiger partial charge in [-0.05, 0) is 18.9 Å². The van der Waals surface area contributed by atoms with E-state index in [0.717, 1.165) is 38.2 Å². The van der Waals surface area contributed by atoms with Gasteiger partial charge in [0.05, 0.1) is 10.7 Å². The maximum atomic E-state index is 13.7. The fraction of sp³-hybridized carbons (Fsp3) is 0.533. The van der Waals surface area contributed by atoms with Gasteiger partial charge in [0.25, 0.3) is 0 Å². The Morgan fingerprint density at radius 3 is 2.68 bits per heavy atom. The molecule has 122 valence electrons. The van der Waals surface area contributed by atoms with Crippen molar-refractivity contribution in [3.63, 3.8) is 0 Å². The Morgan fingerprint density at radius 2 is 2.00 bits per heavy atom. The van der Waals surface area contributed by atoms with Crippen molar-refractivity contribution in [3.8, 4) is 0 Å². The Morgan fingerprint density at radius 1 is 1.27 bits per heavy atom. The Bertz CT molecular complexity index is 519. The summed E-state index contributed by atoms with van der Waals surface area (Å²) in [5.74, 6) is -1.75. The number of rotatable bonds is 3. The molecule has 2 unspecified atom stereocenters. The first-order valence-electron chi connectivity index (χ1n) is 7.34. The molecule has 0 radical (unpaired) electrons. The predicted molar refractivity (Wildman–Crippen MR) is 81.0 cm³/mol. The highest BCUT2D eigenvalue weighted by Gasteiger charge is 2.25. The van der Waals surface area contributed by atoms with Crippen LogP contribution in [0.3, 0.4) is 0 Å². The number of aliphatic hydroxyl groups is 1. The third-order valence-electron chi connectivity index (χ3n) is 3.96. The van der Waals surface area contributed by atoms with Gasteiger partial charge in [-0.3, -0.25) is 0 Å². The molecule has 1 aliphatic rings. The maximum Gasteiger partial charge on any atom is 0.319 e. The fourth-order valence-corrected chi connectivity index (χ4v) is 3.01. The minimum Gasteiger partial charge on any atom is -0.396 e. The smallest absolute Gasteiger partial charge is 0.319 e. The third-order valence-corrected chi connectivity index (χ3v) is 4.25. The minimum absolute atomic E-state index is 0.00336. The molecule has 22 heavy (non-hydrogen) atoms. The first-order valence-corrected chi connectivity index (χ1v) is 7.72. The van der Waals surface area contributed by atoms with Gasteiger partial charge in [0.1, 0.15) is 5.82 Å². The van der Waals surface area contributed by atoms with Crippen molar-refractivity contribution >= 4 is 23.3 Å². The molecule has 1 aliphatic carbocycles. The number of amides is 2. The van der Waals surface area contributed by atoms with E-state index in [1.807, 2.05) is 0 Å². The van der Waals surface area contributed by atoms with Gasteiger partial charge in [0, 0.05) is 24.6 Å². The summed E-state index contributed by atoms with van der Waals surface area (Å²) in [6.45, 7) is -0.00336. The second kappa shape index (κ2) is 7.74. The molecular formula is C15H19ClF2N2O2. The number of urea groups is 1. The number of halogens is 3. The van der Waals surface area contributed by atoms with Gasteiger partial charge in [0.15, 0.2) is 5.82 Å². The van der Waals surface area contributed by atoms with Crippen molar-refractivity contribution in [2.24, 2.45) is 5.92 Å². The van der Waals surface area contributed by atoms with Crippen molar-refractivity contribution in [3.05, 3.63) is 28.8 Å². The fourth-order valence-electron chi connectivity index (χ4n) is 2.77. The van der Waals surface area contributed by atoms with Gasteiger partial charge in [-0.25, -0.2) is 13.6 Å². The Balaban J connectivity index is 2.03. The minimum atomic E-state index is -0.931. The van der Waals surface area contributed by atoms with Gasteiger partial charge < -0.3 is 15.7 Å². The average molecular weight is 333 g/mol. The number of carbonyl (C=O) groups is 1. The van der Waals surface area contributed by atoms with Gasteiger partial charge >= 0.3 is 6.03 Å². The Labute approximate surface area is 132 Å². The van der Waals surface area contributed by atoms with Gasteiger partial charge in [-0.2, -0.15) is 0 Å². The molecule has 2 amide bonds. The molecule has 0 bridgehead atoms. The monoisotopic (exact) mass is 332 g/mol. The molecule has 0 aliphatic heterocycles. The van der Waals surface area contributed by atoms with E-state index in [0.29, 0.717) is 6.07 Å². The molecule has 1 saturated carbocycles. The summed E-state index contributed by atoms with van der Waals surface area (Å²) < 4.78 is 26.6. The highest BCUT2D eigenvalue weighted by molar-refractivity contribution is 6.33. The van der Waals surface area contributed by atoms with E-state index in [1.165, 1.54) is 0 Å². The summed E-state index contributed by atoms with van der Waals surface area (Å²) in [5.41, 5.74) is -0.255. The van der Waals surface area contributed by atoms with E-state index in [-0.39, 0.29) is 29.3 Å². The summed E-state index contributed by atoms with van der Waals surface area (Å²) in [6.07, 6.45) is 4.65. The van der Waals surface area contributed by atoms with Crippen molar-refractivity contribution in [1.29, 1.82) is 0 Å². The predicted octanol–water partition coefficient (Wildman–Crippen LogP) is 3.68. The highest BCUT2D eigenvalue weighted by atomic mass is 35.5. The zero-order valence-corrected chi connectivity index (χ0v) is 12.8. The van der Waals surface area contributed by atoms with E-state index in [1.54, 1.807) is 0 Å². The highest BCUT2D eigenvalue weighted by Crippen LogP contribution is 2.27. The molecule has 0 spiro atoms. The lowest BCUT2D eigenvalue weighted by Crippen LogP contribution is -2.43. The standard InChI is InChI=1S/C15H19ClF2N2O2/c16-11-6-10(17)7-12(18)14(11)20-15(22)19-13-5-3-1-2-4-9(13)8-21/h6-7,9,13,21H,1-5,8H2,(H2,19,20,22). The molecule has 7 heteroatoms. The van der Waals surface area contributed by atoms with Crippen molar-refractivity contribution in [2.45, 2.75) is 38.1 Å². The van der Waals surface area contributed by atoms with E-state index in [9.17, 15) is 18.7 Å². The summed E-state index contributed by atoms with van der Waals surface area (Å²) in [5, 5.41) is 14.3. The number of nitrogens with one attached hydrogen (secondary N) is 2. The number of hydrogen-bond donors (Lipinski definition) is 3. The SMILES string of the molecule is O=C(Nc1c(F)cc(F)cc1Cl)NC1CCCCCC1CO. The van der Waals surface area contributed by atoms with Crippen LogP contribution in [-0.4, -0.2) is 23.8 Å². The zero-order valence-electron chi connectivity index (χ0n) is 12.0. The second-order valence-corrected chi connectivity index (χ2v) is 5.94. The molecule has 2 atom stereocenters. The number of aliphatic hydroxyl groups excluding tert-OH is 1. The van der Waals surface area contributed by atoms with E-state index < -0.39 is 17.7 Å². The van der Waals surface area contributed by atoms with E-state index in [4.69, 9.17) is 11.6 Å². The van der Waals surface area contributed by atoms with Crippen molar-refractivity contribution in [2.75, 3.05) is 11.9 Å². The normalized spacial score (nSPS) is 22.0. The summed E-state index contributed by atoms with van der Waals surface area (Å²) in [4.78, 5) is 12.0. The zero-order chi connectivity index (χ0) is 16.1. The molecule has 3 N–H and O–H groups in total. The summed E-state index contributed by atoms with van der Waals surface area (Å²) >= 11 is 5.74. The molecule has 0 heterocycles. The summed E-state index contributed by atoms with van der Waals surface area (Å²) in [7, 11) is 0. The molecule has 2 rings (SSSR count). The lowest BCUT2D eigenvalue weighted by atomic mass is 9.96. The van der Waals surface area contributed by atoms with Crippen LogP contribution in [-0.2, 0) is 0 Å². The molecule has 1 fully saturated rings. The largest absolute Gasteiger partial charge is 0.396 e. The topological polar surface area (TPSA) is 61.4 Å². The van der Waals surface area contributed by atoms with Crippen molar-refractivity contribution < 1.29 is 18.7 Å². The lowest BCUT2D eigenvalue weighted by Gasteiger charge is -2.24. The third kappa shape index (κ3) is 4.30. The van der Waals surface area contributed by atoms with Crippen LogP contribution in [0.4, 0.5) is 19.3 Å². The van der Waals surface area contributed by atoms with Gasteiger partial charge in [-0.15, -0.1) is 0 Å². The molecule has 4 nitrogen and oxygen atoms in total. The second-order valence-electron chi connectivity index (χ2n) is 5.53. The average Bonchev–Trinajstić information content (AvgIpc) is 2.67. The maximum absolute atomic E-state index is 13.7. The van der Waals surface area contributed by atoms with Crippen molar-refractivity contribution in [1.82, 2.24) is 5.32 Å². The van der Waals surface area contributed by atoms with Gasteiger partial charge in [0.2, 0.25) is 0 Å². The van der Waals surface area contributed by atoms with Crippen LogP contribution >= 0.6 is 11.6 Å². The summed E-state index contributed by atoms with van der Waals surface area (Å²) in [6, 6.07) is 0.805. The first-order chi connectivity index (χ1) is 10.5. The molecule has 0 saturated heterocycles. The molecule has 0 aromatic heterocycles. The number of anilines is 1. The van der Waals surface area contributed by atoms with Crippen LogP contribution in [0.2, 0.25) is 5.02 Å². The van der Waals surface area contributed by atoms with E-state index in [2.05, 4.69) is 10.6 Å².